The summed E-state index contributed by atoms with van der Waals surface area (Å²) in [5.74, 6) is 0. The van der Waals surface area contributed by atoms with Crippen LogP contribution in [-0.2, 0) is 9.78 Å². The fraction of sp³-hybridized carbons (Fsp3) is 1.00. The molecule has 0 saturated carbocycles. The first-order chi connectivity index (χ1) is 1.89. The summed E-state index contributed by atoms with van der Waals surface area (Å²) in [7, 11) is 0. The summed E-state index contributed by atoms with van der Waals surface area (Å²) in [5, 5.41) is 7.72. The zero-order valence-electron chi connectivity index (χ0n) is 1.84. The van der Waals surface area contributed by atoms with Crippen LogP contribution in [0.15, 0.2) is 0 Å². The molecule has 3 nitrogen and oxygen atoms in total. The first kappa shape index (κ1) is 5.88. The number of rotatable bonds is 0. The SMILES string of the molecule is OC1OO1.[NaH]. The molecule has 1 heterocycles. The Hall–Kier alpha value is 0.880. The van der Waals surface area contributed by atoms with Crippen molar-refractivity contribution in [2.24, 2.45) is 0 Å². The van der Waals surface area contributed by atoms with E-state index in [2.05, 4.69) is 9.78 Å². The third kappa shape index (κ3) is 2.69. The predicted molar refractivity (Wildman–Crippen MR) is 15.3 cm³/mol. The molecule has 0 radical (unpaired) electrons. The van der Waals surface area contributed by atoms with E-state index in [-0.39, 0.29) is 29.6 Å². The van der Waals surface area contributed by atoms with E-state index in [4.69, 9.17) is 5.11 Å². The van der Waals surface area contributed by atoms with Gasteiger partial charge in [0, 0.05) is 0 Å². The Balaban J connectivity index is 0.000000160. The number of aliphatic hydroxyl groups is 1. The quantitative estimate of drug-likeness (QED) is 0.223. The van der Waals surface area contributed by atoms with E-state index in [9.17, 15) is 0 Å². The van der Waals surface area contributed by atoms with Crippen LogP contribution < -0.4 is 0 Å². The van der Waals surface area contributed by atoms with Gasteiger partial charge in [0.15, 0.2) is 0 Å². The molecule has 1 aliphatic heterocycles. The van der Waals surface area contributed by atoms with E-state index in [1.165, 1.54) is 0 Å². The van der Waals surface area contributed by atoms with Crippen molar-refractivity contribution in [1.82, 2.24) is 0 Å². The summed E-state index contributed by atoms with van der Waals surface area (Å²) < 4.78 is 0. The van der Waals surface area contributed by atoms with E-state index in [1.54, 1.807) is 0 Å². The second kappa shape index (κ2) is 2.12. The van der Waals surface area contributed by atoms with Gasteiger partial charge in [-0.05, 0) is 0 Å². The van der Waals surface area contributed by atoms with Crippen molar-refractivity contribution in [1.29, 1.82) is 0 Å². The second-order valence-corrected chi connectivity index (χ2v) is 0.499. The third-order valence-electron chi connectivity index (χ3n) is 0.182. The summed E-state index contributed by atoms with van der Waals surface area (Å²) in [6.07, 6.45) is 0. The average Bonchev–Trinajstić information content (AvgIpc) is 1.75. The minimum atomic E-state index is -0.917. The molecule has 0 bridgehead atoms. The number of hydrogen-bond donors (Lipinski definition) is 1. The molecule has 1 saturated heterocycles. The van der Waals surface area contributed by atoms with Gasteiger partial charge in [0.2, 0.25) is 0 Å². The monoisotopic (exact) mass is 86.0 g/mol. The molecule has 26 valence electrons. The molecule has 0 unspecified atom stereocenters. The van der Waals surface area contributed by atoms with Crippen LogP contribution in [0.5, 0.6) is 0 Å². The summed E-state index contributed by atoms with van der Waals surface area (Å²) in [4.78, 5) is 7.53. The molecule has 1 N–H and O–H groups in total. The predicted octanol–water partition coefficient (Wildman–Crippen LogP) is -1.42. The molecule has 0 atom stereocenters. The molecule has 0 aromatic rings. The van der Waals surface area contributed by atoms with Crippen molar-refractivity contribution in [2.45, 2.75) is 6.48 Å². The molecule has 0 aromatic carbocycles. The van der Waals surface area contributed by atoms with Crippen LogP contribution >= 0.6 is 0 Å². The Bertz CT molecular complexity index is 26.1. The number of hydrogen-bond acceptors (Lipinski definition) is 3. The van der Waals surface area contributed by atoms with E-state index in [0.717, 1.165) is 0 Å². The molecule has 1 aliphatic rings. The van der Waals surface area contributed by atoms with E-state index in [0.29, 0.717) is 0 Å². The van der Waals surface area contributed by atoms with Gasteiger partial charge in [-0.15, -0.1) is 0 Å². The Morgan fingerprint density at radius 3 is 1.60 bits per heavy atom. The third-order valence-corrected chi connectivity index (χ3v) is 0.182. The maximum atomic E-state index is 7.72. The minimum absolute atomic E-state index is 0. The van der Waals surface area contributed by atoms with Gasteiger partial charge in [-0.25, -0.2) is 0 Å². The Kier molecular flexibility index (Phi) is 2.50. The number of aliphatic hydroxyl groups excluding tert-OH is 1. The van der Waals surface area contributed by atoms with Crippen LogP contribution in [0.4, 0.5) is 0 Å². The van der Waals surface area contributed by atoms with Crippen molar-refractivity contribution in [3.63, 3.8) is 0 Å². The fourth-order valence-electron chi connectivity index (χ4n) is 0.0248. The zero-order valence-corrected chi connectivity index (χ0v) is 1.84. The molecular formula is CH3NaO3. The van der Waals surface area contributed by atoms with Gasteiger partial charge in [-0.3, -0.25) is 0 Å². The zero-order chi connectivity index (χ0) is 2.99. The van der Waals surface area contributed by atoms with E-state index < -0.39 is 6.48 Å². The molecule has 0 aliphatic carbocycles. The van der Waals surface area contributed by atoms with Crippen molar-refractivity contribution in [3.05, 3.63) is 0 Å². The van der Waals surface area contributed by atoms with Crippen molar-refractivity contribution in [2.75, 3.05) is 0 Å². The molecule has 0 aromatic heterocycles. The average molecular weight is 86.0 g/mol. The van der Waals surface area contributed by atoms with Gasteiger partial charge in [0.25, 0.3) is 0 Å². The maximum absolute atomic E-state index is 7.72. The van der Waals surface area contributed by atoms with Crippen LogP contribution in [0.2, 0.25) is 0 Å². The molecule has 4 heteroatoms. The Morgan fingerprint density at radius 2 is 1.60 bits per heavy atom. The first-order valence-corrected chi connectivity index (χ1v) is 0.896. The molecule has 1 fully saturated rings. The summed E-state index contributed by atoms with van der Waals surface area (Å²) >= 11 is 0. The molecule has 1 rings (SSSR count). The van der Waals surface area contributed by atoms with Crippen LogP contribution in [0.3, 0.4) is 0 Å². The Morgan fingerprint density at radius 1 is 1.40 bits per heavy atom. The van der Waals surface area contributed by atoms with Crippen LogP contribution in [-0.4, -0.2) is 41.1 Å². The van der Waals surface area contributed by atoms with E-state index >= 15 is 0 Å². The van der Waals surface area contributed by atoms with Gasteiger partial charge in [-0.2, -0.15) is 9.78 Å². The molecule has 0 spiro atoms. The van der Waals surface area contributed by atoms with Crippen molar-refractivity contribution >= 4 is 29.6 Å². The van der Waals surface area contributed by atoms with Gasteiger partial charge >= 0.3 is 36.0 Å². The van der Waals surface area contributed by atoms with Crippen LogP contribution in [0.1, 0.15) is 0 Å². The standard InChI is InChI=1S/CH2O3.Na.H/c2-1-3-4-1;;/h1-2H;;. The first-order valence-electron chi connectivity index (χ1n) is 0.896. The topological polar surface area (TPSA) is 45.3 Å². The van der Waals surface area contributed by atoms with Gasteiger partial charge in [-0.1, -0.05) is 0 Å². The molecule has 0 amide bonds. The van der Waals surface area contributed by atoms with Crippen LogP contribution in [0.25, 0.3) is 0 Å². The van der Waals surface area contributed by atoms with Gasteiger partial charge in [0.1, 0.15) is 0 Å². The second-order valence-electron chi connectivity index (χ2n) is 0.499. The molecular weight excluding hydrogens is 83.0 g/mol. The normalized spacial score (nSPS) is 21.0. The van der Waals surface area contributed by atoms with Crippen molar-refractivity contribution < 1.29 is 14.9 Å². The summed E-state index contributed by atoms with van der Waals surface area (Å²) in [5.41, 5.74) is 0. The summed E-state index contributed by atoms with van der Waals surface area (Å²) in [6, 6.07) is 0. The van der Waals surface area contributed by atoms with Crippen LogP contribution in [0, 0.1) is 0 Å². The fourth-order valence-corrected chi connectivity index (χ4v) is 0.0248. The molecule has 5 heavy (non-hydrogen) atoms. The Labute approximate surface area is 51.1 Å². The summed E-state index contributed by atoms with van der Waals surface area (Å²) in [6.45, 7) is -0.917. The van der Waals surface area contributed by atoms with Gasteiger partial charge < -0.3 is 5.11 Å². The van der Waals surface area contributed by atoms with E-state index in [1.807, 2.05) is 0 Å². The van der Waals surface area contributed by atoms with Gasteiger partial charge in [0.05, 0.1) is 0 Å². The van der Waals surface area contributed by atoms with Crippen molar-refractivity contribution in [3.8, 4) is 0 Å².